The van der Waals surface area contributed by atoms with Gasteiger partial charge in [-0.25, -0.2) is 12.7 Å². The molecule has 4 aromatic rings. The molecule has 0 radical (unpaired) electrons. The summed E-state index contributed by atoms with van der Waals surface area (Å²) in [6.07, 6.45) is 3.54. The number of aromatic nitrogens is 3. The number of anilines is 1. The largest absolute Gasteiger partial charge is 0.344 e. The van der Waals surface area contributed by atoms with Crippen LogP contribution >= 0.6 is 11.6 Å². The van der Waals surface area contributed by atoms with Crippen LogP contribution in [0.1, 0.15) is 36.8 Å². The Morgan fingerprint density at radius 3 is 2.23 bits per heavy atom. The Bertz CT molecular complexity index is 1820. The molecule has 3 aromatic carbocycles. The van der Waals surface area contributed by atoms with Crippen molar-refractivity contribution < 1.29 is 18.0 Å². The van der Waals surface area contributed by atoms with Gasteiger partial charge in [0.05, 0.1) is 4.90 Å². The second kappa shape index (κ2) is 14.8. The standard InChI is InChI=1S/C34H40ClN7O4S/c1-21-4-17-28(47(45,46)42(2)3)19-29(21)24-9-5-22(6-10-24)18-30(38-32(43)26-11-7-23(20-36)8-12-26)33(44)37-27-15-13-25(14-16-27)31-39-34(35)41-40-31/h4-6,9-10,13-17,19,23,26,30H,7-8,11-12,18,20,36H2,1-3H3,(H,37,44)(H,38,43)(H,39,40,41)/t23-,26+,30-/m0/s1. The van der Waals surface area contributed by atoms with Crippen molar-refractivity contribution >= 4 is 39.1 Å². The lowest BCUT2D eigenvalue weighted by Gasteiger charge is -2.28. The fourth-order valence-corrected chi connectivity index (χ4v) is 6.87. The smallest absolute Gasteiger partial charge is 0.247 e. The molecule has 1 aliphatic carbocycles. The Morgan fingerprint density at radius 1 is 0.979 bits per heavy atom. The SMILES string of the molecule is Cc1ccc(S(=O)(=O)N(C)C)cc1-c1ccc(C[C@H](NC(=O)[C@H]2CC[C@@H](CN)CC2)C(=O)Nc2ccc(-c3nnc(Cl)[nH]3)cc2)cc1. The van der Waals surface area contributed by atoms with Crippen LogP contribution in [-0.4, -0.2) is 66.4 Å². The third-order valence-electron chi connectivity index (χ3n) is 8.76. The number of aromatic amines is 1. The highest BCUT2D eigenvalue weighted by atomic mass is 35.5. The zero-order chi connectivity index (χ0) is 33.7. The highest BCUT2D eigenvalue weighted by Gasteiger charge is 2.29. The number of benzene rings is 3. The number of aryl methyl sites for hydroxylation is 1. The van der Waals surface area contributed by atoms with Crippen LogP contribution in [0.5, 0.6) is 0 Å². The summed E-state index contributed by atoms with van der Waals surface area (Å²) >= 11 is 5.85. The molecule has 11 nitrogen and oxygen atoms in total. The van der Waals surface area contributed by atoms with Crippen LogP contribution in [0.25, 0.3) is 22.5 Å². The Balaban J connectivity index is 1.34. The number of H-pyrrole nitrogens is 1. The van der Waals surface area contributed by atoms with Gasteiger partial charge in [0.1, 0.15) is 6.04 Å². The summed E-state index contributed by atoms with van der Waals surface area (Å²) in [7, 11) is -0.587. The number of carbonyl (C=O) groups excluding carboxylic acids is 2. The molecule has 2 amide bonds. The van der Waals surface area contributed by atoms with E-state index in [1.807, 2.05) is 31.2 Å². The molecular weight excluding hydrogens is 638 g/mol. The maximum atomic E-state index is 13.7. The second-order valence-electron chi connectivity index (χ2n) is 12.2. The van der Waals surface area contributed by atoms with E-state index in [4.69, 9.17) is 17.3 Å². The zero-order valence-electron chi connectivity index (χ0n) is 26.7. The molecule has 1 aliphatic rings. The van der Waals surface area contributed by atoms with Crippen LogP contribution in [0.4, 0.5) is 5.69 Å². The number of amides is 2. The Labute approximate surface area is 280 Å². The summed E-state index contributed by atoms with van der Waals surface area (Å²) in [5, 5.41) is 13.9. The van der Waals surface area contributed by atoms with Gasteiger partial charge < -0.3 is 21.4 Å². The molecule has 0 spiro atoms. The molecule has 0 aliphatic heterocycles. The molecule has 5 N–H and O–H groups in total. The average molecular weight is 678 g/mol. The van der Waals surface area contributed by atoms with Crippen molar-refractivity contribution in [1.29, 1.82) is 0 Å². The molecule has 47 heavy (non-hydrogen) atoms. The van der Waals surface area contributed by atoms with Gasteiger partial charge in [-0.05, 0) is 115 Å². The van der Waals surface area contributed by atoms with Crippen molar-refractivity contribution in [3.05, 3.63) is 83.1 Å². The van der Waals surface area contributed by atoms with E-state index in [1.165, 1.54) is 18.4 Å². The summed E-state index contributed by atoms with van der Waals surface area (Å²) in [5.41, 5.74) is 10.6. The minimum atomic E-state index is -3.60. The maximum absolute atomic E-state index is 13.7. The fraction of sp³-hybridized carbons (Fsp3) is 0.353. The van der Waals surface area contributed by atoms with Crippen molar-refractivity contribution in [3.63, 3.8) is 0 Å². The normalized spacial score (nSPS) is 17.3. The van der Waals surface area contributed by atoms with Gasteiger partial charge >= 0.3 is 0 Å². The van der Waals surface area contributed by atoms with Gasteiger partial charge in [-0.15, -0.1) is 10.2 Å². The van der Waals surface area contributed by atoms with E-state index in [9.17, 15) is 18.0 Å². The van der Waals surface area contributed by atoms with Crippen LogP contribution in [0.3, 0.4) is 0 Å². The van der Waals surface area contributed by atoms with E-state index in [0.717, 1.165) is 53.5 Å². The number of nitrogens with one attached hydrogen (secondary N) is 3. The van der Waals surface area contributed by atoms with E-state index in [2.05, 4.69) is 25.8 Å². The topological polar surface area (TPSA) is 163 Å². The van der Waals surface area contributed by atoms with Crippen LogP contribution in [-0.2, 0) is 26.0 Å². The number of hydrogen-bond donors (Lipinski definition) is 4. The molecule has 1 heterocycles. The molecule has 1 atom stereocenters. The van der Waals surface area contributed by atoms with Crippen LogP contribution < -0.4 is 16.4 Å². The van der Waals surface area contributed by atoms with Crippen molar-refractivity contribution in [1.82, 2.24) is 24.8 Å². The molecule has 1 fully saturated rings. The van der Waals surface area contributed by atoms with E-state index in [-0.39, 0.29) is 34.3 Å². The minimum Gasteiger partial charge on any atom is -0.344 e. The van der Waals surface area contributed by atoms with Crippen LogP contribution in [0.2, 0.25) is 5.28 Å². The number of carbonyl (C=O) groups is 2. The molecule has 5 rings (SSSR count). The maximum Gasteiger partial charge on any atom is 0.247 e. The molecule has 1 saturated carbocycles. The Morgan fingerprint density at radius 2 is 1.64 bits per heavy atom. The van der Waals surface area contributed by atoms with E-state index >= 15 is 0 Å². The fourth-order valence-electron chi connectivity index (χ4n) is 5.81. The van der Waals surface area contributed by atoms with Gasteiger partial charge in [-0.3, -0.25) is 9.59 Å². The lowest BCUT2D eigenvalue weighted by atomic mass is 9.81. The van der Waals surface area contributed by atoms with Gasteiger partial charge in [-0.2, -0.15) is 0 Å². The quantitative estimate of drug-likeness (QED) is 0.177. The molecule has 0 bridgehead atoms. The lowest BCUT2D eigenvalue weighted by Crippen LogP contribution is -2.48. The summed E-state index contributed by atoms with van der Waals surface area (Å²) < 4.78 is 26.7. The third kappa shape index (κ3) is 8.25. The van der Waals surface area contributed by atoms with E-state index in [1.54, 1.807) is 42.5 Å². The first-order valence-electron chi connectivity index (χ1n) is 15.6. The number of nitrogens with two attached hydrogens (primary N) is 1. The number of halogens is 1. The number of rotatable bonds is 11. The summed E-state index contributed by atoms with van der Waals surface area (Å²) in [6, 6.07) is 18.9. The van der Waals surface area contributed by atoms with Gasteiger partial charge in [0.25, 0.3) is 0 Å². The zero-order valence-corrected chi connectivity index (χ0v) is 28.2. The lowest BCUT2D eigenvalue weighted by molar-refractivity contribution is -0.130. The number of nitrogens with zero attached hydrogens (tertiary/aromatic N) is 3. The van der Waals surface area contributed by atoms with Gasteiger partial charge in [0.15, 0.2) is 5.82 Å². The predicted octanol–water partition coefficient (Wildman–Crippen LogP) is 4.78. The second-order valence-corrected chi connectivity index (χ2v) is 14.7. The van der Waals surface area contributed by atoms with E-state index < -0.39 is 16.1 Å². The molecule has 0 unspecified atom stereocenters. The van der Waals surface area contributed by atoms with E-state index in [0.29, 0.717) is 24.0 Å². The number of sulfonamides is 1. The summed E-state index contributed by atoms with van der Waals surface area (Å²) in [4.78, 5) is 30.1. The summed E-state index contributed by atoms with van der Waals surface area (Å²) in [6.45, 7) is 2.55. The molecule has 13 heteroatoms. The van der Waals surface area contributed by atoms with Crippen molar-refractivity contribution in [3.8, 4) is 22.5 Å². The molecule has 248 valence electrons. The Hall–Kier alpha value is -4.10. The van der Waals surface area contributed by atoms with Gasteiger partial charge in [0, 0.05) is 37.7 Å². The molecule has 0 saturated heterocycles. The third-order valence-corrected chi connectivity index (χ3v) is 10.7. The number of hydrogen-bond acceptors (Lipinski definition) is 7. The van der Waals surface area contributed by atoms with Crippen molar-refractivity contribution in [2.45, 2.75) is 50.0 Å². The van der Waals surface area contributed by atoms with Crippen LogP contribution in [0, 0.1) is 18.8 Å². The highest BCUT2D eigenvalue weighted by molar-refractivity contribution is 7.89. The monoisotopic (exact) mass is 677 g/mol. The first kappa shape index (κ1) is 34.2. The minimum absolute atomic E-state index is 0.135. The first-order chi connectivity index (χ1) is 22.4. The predicted molar refractivity (Wildman–Crippen MR) is 183 cm³/mol. The van der Waals surface area contributed by atoms with Gasteiger partial charge in [-0.1, -0.05) is 30.3 Å². The highest BCUT2D eigenvalue weighted by Crippen LogP contribution is 2.30. The average Bonchev–Trinajstić information content (AvgIpc) is 3.51. The molecule has 1 aromatic heterocycles. The Kier molecular flexibility index (Phi) is 10.8. The van der Waals surface area contributed by atoms with Gasteiger partial charge in [0.2, 0.25) is 27.1 Å². The van der Waals surface area contributed by atoms with Crippen LogP contribution in [0.15, 0.2) is 71.6 Å². The molecular formula is C34H40ClN7O4S. The summed E-state index contributed by atoms with van der Waals surface area (Å²) in [5.74, 6) is 0.291. The first-order valence-corrected chi connectivity index (χ1v) is 17.4. The van der Waals surface area contributed by atoms with Crippen molar-refractivity contribution in [2.75, 3.05) is 26.0 Å². The van der Waals surface area contributed by atoms with Crippen molar-refractivity contribution in [2.24, 2.45) is 17.6 Å².